The van der Waals surface area contributed by atoms with E-state index in [0.29, 0.717) is 29.9 Å². The second kappa shape index (κ2) is 7.69. The van der Waals surface area contributed by atoms with Crippen LogP contribution < -0.4 is 5.32 Å². The quantitative estimate of drug-likeness (QED) is 0.855. The zero-order valence-corrected chi connectivity index (χ0v) is 13.0. The van der Waals surface area contributed by atoms with Crippen molar-refractivity contribution in [3.63, 3.8) is 0 Å². The minimum atomic E-state index is -0.126. The summed E-state index contributed by atoms with van der Waals surface area (Å²) in [5.74, 6) is 7.06. The van der Waals surface area contributed by atoms with Gasteiger partial charge in [0.2, 0.25) is 0 Å². The Morgan fingerprint density at radius 1 is 1.25 bits per heavy atom. The van der Waals surface area contributed by atoms with Crippen molar-refractivity contribution in [2.45, 2.75) is 40.5 Å². The minimum Gasteiger partial charge on any atom is -0.341 e. The van der Waals surface area contributed by atoms with Crippen molar-refractivity contribution in [2.75, 3.05) is 6.54 Å². The van der Waals surface area contributed by atoms with Crippen molar-refractivity contribution in [1.82, 2.24) is 10.3 Å². The molecule has 1 atom stereocenters. The highest BCUT2D eigenvalue weighted by Crippen LogP contribution is 2.21. The van der Waals surface area contributed by atoms with Crippen LogP contribution in [0.15, 0.2) is 18.3 Å². The van der Waals surface area contributed by atoms with Crippen LogP contribution in [0.1, 0.15) is 56.6 Å². The Bertz CT molecular complexity index is 492. The molecule has 1 aromatic heterocycles. The average molecular weight is 272 g/mol. The number of hydrogen-bond acceptors (Lipinski definition) is 2. The number of pyridine rings is 1. The molecule has 0 aliphatic rings. The maximum atomic E-state index is 11.9. The van der Waals surface area contributed by atoms with Gasteiger partial charge in [-0.3, -0.25) is 9.78 Å². The maximum absolute atomic E-state index is 11.9. The van der Waals surface area contributed by atoms with Crippen LogP contribution in [0.4, 0.5) is 0 Å². The van der Waals surface area contributed by atoms with Gasteiger partial charge in [-0.05, 0) is 18.1 Å². The largest absolute Gasteiger partial charge is 0.341 e. The maximum Gasteiger partial charge on any atom is 0.253 e. The van der Waals surface area contributed by atoms with Gasteiger partial charge in [0.05, 0.1) is 12.1 Å². The minimum absolute atomic E-state index is 0.126. The summed E-state index contributed by atoms with van der Waals surface area (Å²) in [7, 11) is 0. The van der Waals surface area contributed by atoms with Crippen molar-refractivity contribution < 1.29 is 4.79 Å². The topological polar surface area (TPSA) is 42.0 Å². The highest BCUT2D eigenvalue weighted by molar-refractivity contribution is 5.93. The first-order valence-corrected chi connectivity index (χ1v) is 7.14. The number of nitrogens with zero attached hydrogens (tertiary/aromatic N) is 1. The van der Waals surface area contributed by atoms with Gasteiger partial charge < -0.3 is 5.32 Å². The summed E-state index contributed by atoms with van der Waals surface area (Å²) in [6.45, 7) is 10.9. The highest BCUT2D eigenvalue weighted by Gasteiger charge is 2.12. The highest BCUT2D eigenvalue weighted by atomic mass is 16.1. The molecule has 0 radical (unpaired) electrons. The summed E-state index contributed by atoms with van der Waals surface area (Å²) in [5, 5.41) is 2.77. The smallest absolute Gasteiger partial charge is 0.253 e. The lowest BCUT2D eigenvalue weighted by molar-refractivity contribution is 0.0958. The van der Waals surface area contributed by atoms with E-state index >= 15 is 0 Å². The zero-order chi connectivity index (χ0) is 15.1. The summed E-state index contributed by atoms with van der Waals surface area (Å²) in [6, 6.07) is 3.76. The van der Waals surface area contributed by atoms with Gasteiger partial charge in [-0.2, -0.15) is 0 Å². The molecule has 1 aromatic rings. The first kappa shape index (κ1) is 16.2. The van der Waals surface area contributed by atoms with Crippen molar-refractivity contribution in [2.24, 2.45) is 11.8 Å². The summed E-state index contributed by atoms with van der Waals surface area (Å²) in [5.41, 5.74) is 1.60. The molecule has 1 heterocycles. The molecule has 0 spiro atoms. The van der Waals surface area contributed by atoms with E-state index in [1.165, 1.54) is 0 Å². The third-order valence-corrected chi connectivity index (χ3v) is 3.24. The lowest BCUT2D eigenvalue weighted by atomic mass is 9.94. The Kier molecular flexibility index (Phi) is 6.24. The second-order valence-electron chi connectivity index (χ2n) is 5.66. The van der Waals surface area contributed by atoms with Gasteiger partial charge in [0, 0.05) is 23.7 Å². The fourth-order valence-corrected chi connectivity index (χ4v) is 1.63. The molecule has 108 valence electrons. The first-order chi connectivity index (χ1) is 9.41. The van der Waals surface area contributed by atoms with Gasteiger partial charge in [0.15, 0.2) is 0 Å². The Hall–Kier alpha value is -1.82. The fourth-order valence-electron chi connectivity index (χ4n) is 1.63. The van der Waals surface area contributed by atoms with Gasteiger partial charge in [-0.25, -0.2) is 0 Å². The molecule has 0 saturated carbocycles. The molecule has 1 amide bonds. The third-order valence-electron chi connectivity index (χ3n) is 3.24. The van der Waals surface area contributed by atoms with E-state index in [0.717, 1.165) is 5.69 Å². The molecule has 0 aliphatic heterocycles. The molecule has 1 unspecified atom stereocenters. The number of carbonyl (C=O) groups is 1. The normalized spacial score (nSPS) is 11.9. The Morgan fingerprint density at radius 3 is 2.45 bits per heavy atom. The monoisotopic (exact) mass is 272 g/mol. The predicted molar refractivity (Wildman–Crippen MR) is 82.4 cm³/mol. The number of carbonyl (C=O) groups excluding carboxylic acids is 1. The third kappa shape index (κ3) is 5.05. The summed E-state index contributed by atoms with van der Waals surface area (Å²) in [6.07, 6.45) is 1.64. The van der Waals surface area contributed by atoms with E-state index in [-0.39, 0.29) is 5.91 Å². The second-order valence-corrected chi connectivity index (χ2v) is 5.66. The molecule has 3 nitrogen and oxygen atoms in total. The lowest BCUT2D eigenvalue weighted by Crippen LogP contribution is -2.24. The van der Waals surface area contributed by atoms with E-state index in [2.05, 4.69) is 42.9 Å². The Morgan fingerprint density at radius 2 is 1.95 bits per heavy atom. The number of rotatable bonds is 4. The number of hydrogen-bond donors (Lipinski definition) is 1. The van der Waals surface area contributed by atoms with Crippen LogP contribution in [0.5, 0.6) is 0 Å². The Balaban J connectivity index is 2.60. The van der Waals surface area contributed by atoms with Crippen LogP contribution in [-0.2, 0) is 0 Å². The SMILES string of the molecule is CC(C)C#CCNC(=O)c1ccc(C(C)C(C)C)nc1. The van der Waals surface area contributed by atoms with E-state index in [1.807, 2.05) is 26.0 Å². The molecule has 1 N–H and O–H groups in total. The molecule has 3 heteroatoms. The van der Waals surface area contributed by atoms with E-state index in [9.17, 15) is 4.79 Å². The van der Waals surface area contributed by atoms with Gasteiger partial charge in [0.1, 0.15) is 0 Å². The van der Waals surface area contributed by atoms with E-state index in [1.54, 1.807) is 6.20 Å². The van der Waals surface area contributed by atoms with Crippen LogP contribution in [0, 0.1) is 23.7 Å². The van der Waals surface area contributed by atoms with Crippen molar-refractivity contribution in [3.05, 3.63) is 29.6 Å². The van der Waals surface area contributed by atoms with Crippen LogP contribution in [0.3, 0.4) is 0 Å². The van der Waals surface area contributed by atoms with Crippen LogP contribution in [0.25, 0.3) is 0 Å². The molecule has 0 aromatic carbocycles. The van der Waals surface area contributed by atoms with Gasteiger partial charge in [0.25, 0.3) is 5.91 Å². The predicted octanol–water partition coefficient (Wildman–Crippen LogP) is 3.23. The molecule has 1 rings (SSSR count). The van der Waals surface area contributed by atoms with Gasteiger partial charge >= 0.3 is 0 Å². The van der Waals surface area contributed by atoms with Crippen molar-refractivity contribution in [3.8, 4) is 11.8 Å². The average Bonchev–Trinajstić information content (AvgIpc) is 2.42. The molecular formula is C17H24N2O. The standard InChI is InChI=1S/C17H24N2O/c1-12(2)7-6-10-18-17(20)15-8-9-16(19-11-15)14(5)13(3)4/h8-9,11-14H,10H2,1-5H3,(H,18,20). The van der Waals surface area contributed by atoms with Gasteiger partial charge in [-0.1, -0.05) is 46.5 Å². The number of aromatic nitrogens is 1. The Labute approximate surface area is 122 Å². The summed E-state index contributed by atoms with van der Waals surface area (Å²) < 4.78 is 0. The molecule has 0 fully saturated rings. The van der Waals surface area contributed by atoms with E-state index < -0.39 is 0 Å². The molecule has 0 aliphatic carbocycles. The van der Waals surface area contributed by atoms with Gasteiger partial charge in [-0.15, -0.1) is 0 Å². The molecule has 0 bridgehead atoms. The van der Waals surface area contributed by atoms with Crippen molar-refractivity contribution in [1.29, 1.82) is 0 Å². The van der Waals surface area contributed by atoms with Crippen LogP contribution in [0.2, 0.25) is 0 Å². The molecule has 0 saturated heterocycles. The van der Waals surface area contributed by atoms with Crippen LogP contribution >= 0.6 is 0 Å². The first-order valence-electron chi connectivity index (χ1n) is 7.14. The molecular weight excluding hydrogens is 248 g/mol. The van der Waals surface area contributed by atoms with Crippen molar-refractivity contribution >= 4 is 5.91 Å². The summed E-state index contributed by atoms with van der Waals surface area (Å²) >= 11 is 0. The summed E-state index contributed by atoms with van der Waals surface area (Å²) in [4.78, 5) is 16.3. The number of amides is 1. The van der Waals surface area contributed by atoms with E-state index in [4.69, 9.17) is 0 Å². The lowest BCUT2D eigenvalue weighted by Gasteiger charge is -2.14. The van der Waals surface area contributed by atoms with Crippen LogP contribution in [-0.4, -0.2) is 17.4 Å². The zero-order valence-electron chi connectivity index (χ0n) is 13.0. The fraction of sp³-hybridized carbons (Fsp3) is 0.529. The number of nitrogens with one attached hydrogen (secondary N) is 1. The molecule has 20 heavy (non-hydrogen) atoms.